The highest BCUT2D eigenvalue weighted by Gasteiger charge is 2.45. The van der Waals surface area contributed by atoms with Crippen LogP contribution in [0, 0.1) is 5.92 Å². The number of nitrogens with zero attached hydrogens (tertiary/aromatic N) is 1. The van der Waals surface area contributed by atoms with Gasteiger partial charge in [-0.3, -0.25) is 0 Å². The van der Waals surface area contributed by atoms with E-state index in [0.29, 0.717) is 11.8 Å². The Morgan fingerprint density at radius 2 is 1.14 bits per heavy atom. The second-order valence-electron chi connectivity index (χ2n) is 22.4. The summed E-state index contributed by atoms with van der Waals surface area (Å²) in [5, 5.41) is 2.35. The Hall–Kier alpha value is -7.16. The molecule has 0 aliphatic heterocycles. The molecule has 0 radical (unpaired) electrons. The zero-order valence-corrected chi connectivity index (χ0v) is 40.6. The molecular weight excluding hydrogens is 835 g/mol. The number of allylic oxidation sites excluding steroid dienone is 10. The van der Waals surface area contributed by atoms with Gasteiger partial charge in [-0.15, -0.1) is 0 Å². The quantitative estimate of drug-likeness (QED) is 0.171. The molecule has 8 aromatic rings. The Morgan fingerprint density at radius 1 is 0.507 bits per heavy atom. The van der Waals surface area contributed by atoms with Crippen molar-refractivity contribution in [3.63, 3.8) is 0 Å². The molecule has 6 aliphatic rings. The van der Waals surface area contributed by atoms with E-state index in [1.165, 1.54) is 123 Å². The number of benzene rings is 7. The molecule has 0 saturated carbocycles. The number of para-hydroxylation sites is 1. The minimum Gasteiger partial charge on any atom is -0.456 e. The average Bonchev–Trinajstić information content (AvgIpc) is 4.01. The zero-order valence-electron chi connectivity index (χ0n) is 40.6. The van der Waals surface area contributed by atoms with Gasteiger partial charge in [-0.1, -0.05) is 163 Å². The van der Waals surface area contributed by atoms with E-state index in [4.69, 9.17) is 4.42 Å². The van der Waals surface area contributed by atoms with E-state index in [0.717, 1.165) is 30.4 Å². The summed E-state index contributed by atoms with van der Waals surface area (Å²) in [6.07, 6.45) is 18.8. The van der Waals surface area contributed by atoms with Crippen LogP contribution in [0.1, 0.15) is 118 Å². The smallest absolute Gasteiger partial charge is 0.136 e. The molecule has 0 bridgehead atoms. The topological polar surface area (TPSA) is 16.4 Å². The monoisotopic (exact) mass is 891 g/mol. The van der Waals surface area contributed by atoms with Crippen molar-refractivity contribution in [1.82, 2.24) is 0 Å². The molecule has 0 saturated heterocycles. The van der Waals surface area contributed by atoms with E-state index in [-0.39, 0.29) is 16.2 Å². The van der Waals surface area contributed by atoms with Gasteiger partial charge in [-0.2, -0.15) is 0 Å². The molecule has 2 atom stereocenters. The fourth-order valence-electron chi connectivity index (χ4n) is 13.7. The first-order valence-corrected chi connectivity index (χ1v) is 25.3. The van der Waals surface area contributed by atoms with Gasteiger partial charge >= 0.3 is 0 Å². The maximum absolute atomic E-state index is 6.36. The Bertz CT molecular complexity index is 3720. The highest BCUT2D eigenvalue weighted by atomic mass is 16.3. The maximum Gasteiger partial charge on any atom is 0.136 e. The van der Waals surface area contributed by atoms with Gasteiger partial charge in [-0.25, -0.2) is 0 Å². The molecule has 1 aromatic heterocycles. The van der Waals surface area contributed by atoms with Crippen LogP contribution in [-0.2, 0) is 16.2 Å². The van der Waals surface area contributed by atoms with Crippen LogP contribution in [0.4, 0.5) is 17.1 Å². The third-order valence-corrected chi connectivity index (χ3v) is 17.6. The molecule has 2 heteroatoms. The molecule has 6 aliphatic carbocycles. The molecule has 69 heavy (non-hydrogen) atoms. The third-order valence-electron chi connectivity index (χ3n) is 17.6. The van der Waals surface area contributed by atoms with Gasteiger partial charge in [0, 0.05) is 44.6 Å². The van der Waals surface area contributed by atoms with E-state index < -0.39 is 0 Å². The second-order valence-corrected chi connectivity index (χ2v) is 22.4. The summed E-state index contributed by atoms with van der Waals surface area (Å²) in [6, 6.07) is 53.4. The number of hydrogen-bond donors (Lipinski definition) is 0. The van der Waals surface area contributed by atoms with Crippen LogP contribution in [0.25, 0.3) is 55.3 Å². The molecule has 0 amide bonds. The number of hydrogen-bond acceptors (Lipinski definition) is 2. The first-order chi connectivity index (χ1) is 33.4. The van der Waals surface area contributed by atoms with Crippen molar-refractivity contribution in [3.8, 4) is 22.3 Å². The molecule has 2 unspecified atom stereocenters. The SMILES string of the molecule is CC1(C)c2ccccc2-c2ccc(N(c3ccc4c(c3)C(C)(C)c3cc(C5C=CC6=C(C=CCC6)C5)ccc3-4)c3ccc4c(c3)C(C)(C)C3CC(c5ccc6c(c5)oc5ccccc56)=CC=C43)cc21. The summed E-state index contributed by atoms with van der Waals surface area (Å²) >= 11 is 0. The van der Waals surface area contributed by atoms with Gasteiger partial charge in [0.1, 0.15) is 11.2 Å². The Balaban J connectivity index is 0.857. The molecular formula is C67H57NO. The zero-order chi connectivity index (χ0) is 46.6. The Kier molecular flexibility index (Phi) is 8.55. The number of fused-ring (bicyclic) bond motifs is 12. The molecule has 0 spiro atoms. The average molecular weight is 892 g/mol. The number of furan rings is 1. The van der Waals surface area contributed by atoms with Crippen molar-refractivity contribution in [1.29, 1.82) is 0 Å². The maximum atomic E-state index is 6.36. The fourth-order valence-corrected chi connectivity index (χ4v) is 13.7. The summed E-state index contributed by atoms with van der Waals surface area (Å²) in [7, 11) is 0. The lowest BCUT2D eigenvalue weighted by Gasteiger charge is -2.33. The van der Waals surface area contributed by atoms with E-state index in [1.54, 1.807) is 0 Å². The third kappa shape index (κ3) is 5.91. The fraction of sp³-hybridized carbons (Fsp3) is 0.224. The lowest BCUT2D eigenvalue weighted by molar-refractivity contribution is 0.418. The Morgan fingerprint density at radius 3 is 1.93 bits per heavy atom. The lowest BCUT2D eigenvalue weighted by atomic mass is 9.72. The summed E-state index contributed by atoms with van der Waals surface area (Å²) in [6.45, 7) is 14.6. The van der Waals surface area contributed by atoms with Crippen LogP contribution in [0.15, 0.2) is 192 Å². The van der Waals surface area contributed by atoms with Gasteiger partial charge < -0.3 is 9.32 Å². The van der Waals surface area contributed by atoms with Gasteiger partial charge in [0.05, 0.1) is 0 Å². The van der Waals surface area contributed by atoms with E-state index in [1.807, 2.05) is 0 Å². The van der Waals surface area contributed by atoms with Crippen LogP contribution in [0.5, 0.6) is 0 Å². The first kappa shape index (κ1) is 40.9. The largest absolute Gasteiger partial charge is 0.456 e. The summed E-state index contributed by atoms with van der Waals surface area (Å²) < 4.78 is 6.36. The number of rotatable bonds is 5. The van der Waals surface area contributed by atoms with Gasteiger partial charge in [0.2, 0.25) is 0 Å². The van der Waals surface area contributed by atoms with Gasteiger partial charge in [0.15, 0.2) is 0 Å². The Labute approximate surface area is 406 Å². The summed E-state index contributed by atoms with van der Waals surface area (Å²) in [5.74, 6) is 0.753. The predicted octanol–water partition coefficient (Wildman–Crippen LogP) is 18.1. The van der Waals surface area contributed by atoms with Crippen molar-refractivity contribution >= 4 is 50.1 Å². The van der Waals surface area contributed by atoms with E-state index in [2.05, 4.69) is 222 Å². The van der Waals surface area contributed by atoms with Crippen LogP contribution >= 0.6 is 0 Å². The van der Waals surface area contributed by atoms with Crippen molar-refractivity contribution in [2.75, 3.05) is 4.90 Å². The van der Waals surface area contributed by atoms with Crippen LogP contribution in [-0.4, -0.2) is 0 Å². The van der Waals surface area contributed by atoms with Crippen LogP contribution in [0.2, 0.25) is 0 Å². The molecule has 336 valence electrons. The van der Waals surface area contributed by atoms with Gasteiger partial charge in [0.25, 0.3) is 0 Å². The number of anilines is 3. The second kappa shape index (κ2) is 14.4. The van der Waals surface area contributed by atoms with Crippen molar-refractivity contribution in [2.45, 2.75) is 89.4 Å². The van der Waals surface area contributed by atoms with Crippen LogP contribution in [0.3, 0.4) is 0 Å². The molecule has 0 fully saturated rings. The van der Waals surface area contributed by atoms with Crippen molar-refractivity contribution in [3.05, 3.63) is 232 Å². The molecule has 0 N–H and O–H groups in total. The predicted molar refractivity (Wildman–Crippen MR) is 289 cm³/mol. The highest BCUT2D eigenvalue weighted by Crippen LogP contribution is 2.58. The van der Waals surface area contributed by atoms with E-state index >= 15 is 0 Å². The molecule has 7 aromatic carbocycles. The van der Waals surface area contributed by atoms with E-state index in [9.17, 15) is 0 Å². The molecule has 2 nitrogen and oxygen atoms in total. The summed E-state index contributed by atoms with van der Waals surface area (Å²) in [5.41, 5.74) is 27.4. The van der Waals surface area contributed by atoms with Crippen LogP contribution < -0.4 is 4.90 Å². The summed E-state index contributed by atoms with van der Waals surface area (Å²) in [4.78, 5) is 2.55. The standard InChI is InChI=1S/C67H57NO/c1-65(2)57-17-11-9-15-49(57)52-30-24-46(37-60(52)65)68(47-25-31-53-50-27-21-43(34-58(50)66(3,4)61(53)38-47)42-20-19-40-13-7-8-14-41(40)33-42)48-26-32-54-51-28-22-44(35-59(51)67(5,6)62(54)39-48)45-23-29-56-55-16-10-12-18-63(55)69-64(56)36-45/h8-12,14-32,34,36-39,42,59H,7,13,33,35H2,1-6H3. The minimum atomic E-state index is -0.167. The molecule has 1 heterocycles. The van der Waals surface area contributed by atoms with Gasteiger partial charge in [-0.05, 0) is 181 Å². The highest BCUT2D eigenvalue weighted by molar-refractivity contribution is 6.05. The van der Waals surface area contributed by atoms with Crippen molar-refractivity contribution < 1.29 is 4.42 Å². The first-order valence-electron chi connectivity index (χ1n) is 25.3. The molecule has 14 rings (SSSR count). The van der Waals surface area contributed by atoms with Crippen molar-refractivity contribution in [2.24, 2.45) is 5.92 Å². The lowest BCUT2D eigenvalue weighted by Crippen LogP contribution is -2.25. The minimum absolute atomic E-state index is 0.0917. The normalized spacial score (nSPS) is 20.4.